The Morgan fingerprint density at radius 3 is 2.52 bits per heavy atom. The smallest absolute Gasteiger partial charge is 0.338 e. The molecule has 21 heavy (non-hydrogen) atoms. The van der Waals surface area contributed by atoms with Crippen molar-refractivity contribution in [2.45, 2.75) is 19.8 Å². The molecule has 6 heteroatoms. The molecule has 0 N–H and O–H groups in total. The number of amides is 1. The Morgan fingerprint density at radius 1 is 1.24 bits per heavy atom. The van der Waals surface area contributed by atoms with Crippen molar-refractivity contribution < 1.29 is 14.3 Å². The molecule has 1 aromatic carbocycles. The van der Waals surface area contributed by atoms with Gasteiger partial charge in [0.1, 0.15) is 0 Å². The summed E-state index contributed by atoms with van der Waals surface area (Å²) in [6.07, 6.45) is 1.99. The molecule has 0 aliphatic carbocycles. The molecule has 0 bridgehead atoms. The number of ether oxygens (including phenoxy) is 1. The minimum absolute atomic E-state index is 0.157. The van der Waals surface area contributed by atoms with Crippen LogP contribution in [-0.4, -0.2) is 36.5 Å². The summed E-state index contributed by atoms with van der Waals surface area (Å²) in [5.74, 6) is -0.0876. The highest BCUT2D eigenvalue weighted by atomic mass is 35.5. The number of esters is 1. The third-order valence-electron chi connectivity index (χ3n) is 3.62. The van der Waals surface area contributed by atoms with Crippen LogP contribution in [0.2, 0.25) is 10.0 Å². The van der Waals surface area contributed by atoms with E-state index in [2.05, 4.69) is 6.92 Å². The average molecular weight is 330 g/mol. The largest absolute Gasteiger partial charge is 0.452 e. The van der Waals surface area contributed by atoms with Crippen LogP contribution in [0.3, 0.4) is 0 Å². The highest BCUT2D eigenvalue weighted by molar-refractivity contribution is 6.42. The Hall–Kier alpha value is -1.26. The first-order valence-electron chi connectivity index (χ1n) is 6.87. The molecule has 0 spiro atoms. The van der Waals surface area contributed by atoms with E-state index in [0.717, 1.165) is 25.9 Å². The number of carbonyl (C=O) groups is 2. The van der Waals surface area contributed by atoms with Crippen molar-refractivity contribution in [2.75, 3.05) is 19.7 Å². The third kappa shape index (κ3) is 4.35. The number of hydrogen-bond donors (Lipinski definition) is 0. The normalized spacial score (nSPS) is 15.9. The lowest BCUT2D eigenvalue weighted by atomic mass is 9.99. The summed E-state index contributed by atoms with van der Waals surface area (Å²) in [5.41, 5.74) is 0.282. The summed E-state index contributed by atoms with van der Waals surface area (Å²) in [6, 6.07) is 4.47. The van der Waals surface area contributed by atoms with E-state index in [1.807, 2.05) is 0 Å². The zero-order valence-corrected chi connectivity index (χ0v) is 13.3. The molecule has 1 fully saturated rings. The van der Waals surface area contributed by atoms with Crippen molar-refractivity contribution >= 4 is 35.1 Å². The summed E-state index contributed by atoms with van der Waals surface area (Å²) in [7, 11) is 0. The van der Waals surface area contributed by atoms with Crippen LogP contribution in [0.5, 0.6) is 0 Å². The van der Waals surface area contributed by atoms with Gasteiger partial charge in [0.05, 0.1) is 15.6 Å². The molecular weight excluding hydrogens is 313 g/mol. The minimum Gasteiger partial charge on any atom is -0.452 e. The van der Waals surface area contributed by atoms with Crippen LogP contribution in [-0.2, 0) is 9.53 Å². The summed E-state index contributed by atoms with van der Waals surface area (Å²) >= 11 is 11.6. The molecule has 1 aromatic rings. The first-order chi connectivity index (χ1) is 9.97. The lowest BCUT2D eigenvalue weighted by molar-refractivity contribution is -0.135. The number of carbonyl (C=O) groups excluding carboxylic acids is 2. The molecule has 114 valence electrons. The summed E-state index contributed by atoms with van der Waals surface area (Å²) < 4.78 is 5.03. The van der Waals surface area contributed by atoms with Gasteiger partial charge in [0, 0.05) is 13.1 Å². The molecule has 1 amide bonds. The maximum atomic E-state index is 12.0. The Bertz CT molecular complexity index is 540. The fourth-order valence-electron chi connectivity index (χ4n) is 2.18. The third-order valence-corrected chi connectivity index (χ3v) is 4.36. The monoisotopic (exact) mass is 329 g/mol. The van der Waals surface area contributed by atoms with Crippen LogP contribution < -0.4 is 0 Å². The maximum Gasteiger partial charge on any atom is 0.338 e. The van der Waals surface area contributed by atoms with Gasteiger partial charge in [0.2, 0.25) is 0 Å². The number of halogens is 2. The van der Waals surface area contributed by atoms with E-state index < -0.39 is 5.97 Å². The van der Waals surface area contributed by atoms with E-state index in [4.69, 9.17) is 27.9 Å². The van der Waals surface area contributed by atoms with Crippen LogP contribution >= 0.6 is 23.2 Å². The molecule has 4 nitrogen and oxygen atoms in total. The summed E-state index contributed by atoms with van der Waals surface area (Å²) in [4.78, 5) is 25.6. The molecule has 1 heterocycles. The van der Waals surface area contributed by atoms with E-state index in [1.54, 1.807) is 4.90 Å². The van der Waals surface area contributed by atoms with Crippen molar-refractivity contribution in [3.63, 3.8) is 0 Å². The van der Waals surface area contributed by atoms with Gasteiger partial charge in [-0.25, -0.2) is 4.79 Å². The predicted molar refractivity (Wildman–Crippen MR) is 81.7 cm³/mol. The van der Waals surface area contributed by atoms with Gasteiger partial charge >= 0.3 is 5.97 Å². The predicted octanol–water partition coefficient (Wildman–Crippen LogP) is 3.41. The topological polar surface area (TPSA) is 46.6 Å². The molecule has 0 unspecified atom stereocenters. The van der Waals surface area contributed by atoms with E-state index in [-0.39, 0.29) is 23.1 Å². The number of piperidine rings is 1. The van der Waals surface area contributed by atoms with Crippen LogP contribution in [0, 0.1) is 5.92 Å². The van der Waals surface area contributed by atoms with Gasteiger partial charge in [-0.15, -0.1) is 0 Å². The van der Waals surface area contributed by atoms with Crippen molar-refractivity contribution in [1.82, 2.24) is 4.90 Å². The standard InChI is InChI=1S/C15H17Cl2NO3/c1-10-4-6-18(7-5-10)14(19)9-21-15(20)11-2-3-12(16)13(17)8-11/h2-3,8,10H,4-7,9H2,1H3. The minimum atomic E-state index is -0.577. The highest BCUT2D eigenvalue weighted by Crippen LogP contribution is 2.23. The molecule has 1 saturated heterocycles. The zero-order chi connectivity index (χ0) is 15.4. The molecule has 0 radical (unpaired) electrons. The highest BCUT2D eigenvalue weighted by Gasteiger charge is 2.21. The second kappa shape index (κ2) is 7.14. The van der Waals surface area contributed by atoms with Crippen LogP contribution in [0.4, 0.5) is 0 Å². The van der Waals surface area contributed by atoms with Crippen molar-refractivity contribution in [1.29, 1.82) is 0 Å². The van der Waals surface area contributed by atoms with Crippen molar-refractivity contribution in [2.24, 2.45) is 5.92 Å². The number of rotatable bonds is 3. The lowest BCUT2D eigenvalue weighted by Crippen LogP contribution is -2.40. The Kier molecular flexibility index (Phi) is 5.48. The number of likely N-dealkylation sites (tertiary alicyclic amines) is 1. The zero-order valence-electron chi connectivity index (χ0n) is 11.8. The van der Waals surface area contributed by atoms with Crippen molar-refractivity contribution in [3.8, 4) is 0 Å². The fraction of sp³-hybridized carbons (Fsp3) is 0.467. The van der Waals surface area contributed by atoms with Crippen LogP contribution in [0.1, 0.15) is 30.1 Å². The molecular formula is C15H17Cl2NO3. The van der Waals surface area contributed by atoms with Crippen molar-refractivity contribution in [3.05, 3.63) is 33.8 Å². The van der Waals surface area contributed by atoms with E-state index in [1.165, 1.54) is 18.2 Å². The first-order valence-corrected chi connectivity index (χ1v) is 7.63. The van der Waals surface area contributed by atoms with E-state index in [9.17, 15) is 9.59 Å². The molecule has 0 aromatic heterocycles. The molecule has 2 rings (SSSR count). The van der Waals surface area contributed by atoms with E-state index >= 15 is 0 Å². The van der Waals surface area contributed by atoms with Crippen LogP contribution in [0.15, 0.2) is 18.2 Å². The van der Waals surface area contributed by atoms with Gasteiger partial charge in [-0.1, -0.05) is 30.1 Å². The SMILES string of the molecule is CC1CCN(C(=O)COC(=O)c2ccc(Cl)c(Cl)c2)CC1. The Balaban J connectivity index is 1.86. The number of hydrogen-bond acceptors (Lipinski definition) is 3. The summed E-state index contributed by atoms with van der Waals surface area (Å²) in [6.45, 7) is 3.38. The first kappa shape index (κ1) is 16.1. The van der Waals surface area contributed by atoms with Gasteiger partial charge in [0.25, 0.3) is 5.91 Å². The number of nitrogens with zero attached hydrogens (tertiary/aromatic N) is 1. The molecule has 1 aliphatic rings. The van der Waals surface area contributed by atoms with Gasteiger partial charge in [-0.2, -0.15) is 0 Å². The van der Waals surface area contributed by atoms with Gasteiger partial charge in [-0.3, -0.25) is 4.79 Å². The Labute approximate surface area is 134 Å². The quantitative estimate of drug-likeness (QED) is 0.798. The van der Waals surface area contributed by atoms with Gasteiger partial charge < -0.3 is 9.64 Å². The fourth-order valence-corrected chi connectivity index (χ4v) is 2.48. The van der Waals surface area contributed by atoms with Crippen LogP contribution in [0.25, 0.3) is 0 Å². The molecule has 1 aliphatic heterocycles. The molecule has 0 atom stereocenters. The average Bonchev–Trinajstić information content (AvgIpc) is 2.48. The number of benzene rings is 1. The lowest BCUT2D eigenvalue weighted by Gasteiger charge is -2.30. The molecule has 0 saturated carbocycles. The second-order valence-electron chi connectivity index (χ2n) is 5.27. The maximum absolute atomic E-state index is 12.0. The van der Waals surface area contributed by atoms with E-state index in [0.29, 0.717) is 10.9 Å². The second-order valence-corrected chi connectivity index (χ2v) is 6.08. The van der Waals surface area contributed by atoms with Gasteiger partial charge in [-0.05, 0) is 37.0 Å². The summed E-state index contributed by atoms with van der Waals surface area (Å²) in [5, 5.41) is 0.647. The van der Waals surface area contributed by atoms with Gasteiger partial charge in [0.15, 0.2) is 6.61 Å². The Morgan fingerprint density at radius 2 is 1.90 bits per heavy atom.